The van der Waals surface area contributed by atoms with Gasteiger partial charge in [0.15, 0.2) is 5.75 Å². The number of nitrogens with one attached hydrogen (secondary N) is 2. The molecule has 1 fully saturated rings. The Labute approximate surface area is 134 Å². The summed E-state index contributed by atoms with van der Waals surface area (Å²) in [5.74, 6) is 0.778. The molecule has 0 aromatic heterocycles. The highest BCUT2D eigenvalue weighted by Gasteiger charge is 2.29. The molecule has 0 radical (unpaired) electrons. The van der Waals surface area contributed by atoms with E-state index in [4.69, 9.17) is 4.74 Å². The van der Waals surface area contributed by atoms with E-state index in [0.717, 1.165) is 13.1 Å². The second-order valence-corrected chi connectivity index (χ2v) is 5.75. The van der Waals surface area contributed by atoms with Crippen LogP contribution in [0.4, 0.5) is 10.1 Å². The minimum atomic E-state index is -0.366. The molecule has 2 aromatic carbocycles. The number of anilines is 1. The van der Waals surface area contributed by atoms with E-state index in [1.54, 1.807) is 24.3 Å². The van der Waals surface area contributed by atoms with Crippen LogP contribution in [0.5, 0.6) is 11.5 Å². The molecular formula is C18H19FN2O2. The zero-order chi connectivity index (χ0) is 16.2. The van der Waals surface area contributed by atoms with Crippen molar-refractivity contribution in [1.82, 2.24) is 5.32 Å². The number of carbonyl (C=O) groups is 1. The minimum Gasteiger partial charge on any atom is -0.455 e. The highest BCUT2D eigenvalue weighted by Crippen LogP contribution is 2.30. The van der Waals surface area contributed by atoms with Gasteiger partial charge < -0.3 is 15.4 Å². The molecule has 1 aliphatic rings. The van der Waals surface area contributed by atoms with Crippen molar-refractivity contribution in [2.45, 2.75) is 6.92 Å². The molecule has 120 valence electrons. The van der Waals surface area contributed by atoms with E-state index in [1.807, 2.05) is 19.1 Å². The average Bonchev–Trinajstić information content (AvgIpc) is 2.47. The predicted octanol–water partition coefficient (Wildman–Crippen LogP) is 3.41. The number of carbonyl (C=O) groups excluding carboxylic acids is 1. The topological polar surface area (TPSA) is 50.4 Å². The molecule has 23 heavy (non-hydrogen) atoms. The Morgan fingerprint density at radius 3 is 2.74 bits per heavy atom. The van der Waals surface area contributed by atoms with Gasteiger partial charge in [-0.2, -0.15) is 0 Å². The Balaban J connectivity index is 1.73. The molecule has 1 saturated heterocycles. The first-order valence-corrected chi connectivity index (χ1v) is 7.67. The van der Waals surface area contributed by atoms with Crippen molar-refractivity contribution in [2.75, 3.05) is 18.4 Å². The SMILES string of the molecule is CC(C(=O)Nc1ccccc1Oc1cccc(F)c1)C1CNC1. The Bertz CT molecular complexity index is 701. The summed E-state index contributed by atoms with van der Waals surface area (Å²) in [7, 11) is 0. The number of ether oxygens (including phenoxy) is 1. The average molecular weight is 314 g/mol. The molecule has 1 heterocycles. The zero-order valence-electron chi connectivity index (χ0n) is 12.9. The maximum Gasteiger partial charge on any atom is 0.227 e. The standard InChI is InChI=1S/C18H19FN2O2/c1-12(13-10-20-11-13)18(22)21-16-7-2-3-8-17(16)23-15-6-4-5-14(19)9-15/h2-9,12-13,20H,10-11H2,1H3,(H,21,22). The first-order chi connectivity index (χ1) is 11.1. The maximum absolute atomic E-state index is 13.3. The van der Waals surface area contributed by atoms with Crippen LogP contribution in [0, 0.1) is 17.7 Å². The fraction of sp³-hybridized carbons (Fsp3) is 0.278. The highest BCUT2D eigenvalue weighted by atomic mass is 19.1. The molecule has 3 rings (SSSR count). The molecule has 1 aliphatic heterocycles. The van der Waals surface area contributed by atoms with Crippen LogP contribution in [0.3, 0.4) is 0 Å². The smallest absolute Gasteiger partial charge is 0.227 e. The van der Waals surface area contributed by atoms with Crippen LogP contribution in [0.2, 0.25) is 0 Å². The van der Waals surface area contributed by atoms with Crippen molar-refractivity contribution in [2.24, 2.45) is 11.8 Å². The van der Waals surface area contributed by atoms with Crippen LogP contribution in [0.25, 0.3) is 0 Å². The van der Waals surface area contributed by atoms with E-state index in [2.05, 4.69) is 10.6 Å². The summed E-state index contributed by atoms with van der Waals surface area (Å²) in [6.45, 7) is 3.67. The molecule has 2 N–H and O–H groups in total. The lowest BCUT2D eigenvalue weighted by Gasteiger charge is -2.31. The van der Waals surface area contributed by atoms with Gasteiger partial charge in [-0.15, -0.1) is 0 Å². The van der Waals surface area contributed by atoms with E-state index in [9.17, 15) is 9.18 Å². The van der Waals surface area contributed by atoms with Crippen molar-refractivity contribution < 1.29 is 13.9 Å². The molecule has 2 aromatic rings. The highest BCUT2D eigenvalue weighted by molar-refractivity contribution is 5.94. The molecule has 1 amide bonds. The van der Waals surface area contributed by atoms with Gasteiger partial charge in [0.25, 0.3) is 0 Å². The van der Waals surface area contributed by atoms with Crippen LogP contribution >= 0.6 is 0 Å². The molecule has 5 heteroatoms. The number of hydrogen-bond acceptors (Lipinski definition) is 3. The van der Waals surface area contributed by atoms with Crippen molar-refractivity contribution in [3.63, 3.8) is 0 Å². The fourth-order valence-corrected chi connectivity index (χ4v) is 2.44. The molecule has 1 unspecified atom stereocenters. The first-order valence-electron chi connectivity index (χ1n) is 7.67. The Hall–Kier alpha value is -2.40. The molecule has 0 spiro atoms. The molecule has 0 saturated carbocycles. The molecule has 1 atom stereocenters. The number of amides is 1. The summed E-state index contributed by atoms with van der Waals surface area (Å²) in [5, 5.41) is 6.08. The van der Waals surface area contributed by atoms with Crippen LogP contribution in [-0.2, 0) is 4.79 Å². The largest absolute Gasteiger partial charge is 0.455 e. The Morgan fingerprint density at radius 1 is 1.26 bits per heavy atom. The van der Waals surface area contributed by atoms with Gasteiger partial charge in [0.2, 0.25) is 5.91 Å². The van der Waals surface area contributed by atoms with Gasteiger partial charge in [-0.05, 0) is 43.3 Å². The first kappa shape index (κ1) is 15.5. The maximum atomic E-state index is 13.3. The van der Waals surface area contributed by atoms with Gasteiger partial charge in [0, 0.05) is 12.0 Å². The molecular weight excluding hydrogens is 295 g/mol. The predicted molar refractivity (Wildman–Crippen MR) is 87.1 cm³/mol. The normalized spacial score (nSPS) is 15.6. The Morgan fingerprint density at radius 2 is 2.04 bits per heavy atom. The van der Waals surface area contributed by atoms with Gasteiger partial charge in [0.05, 0.1) is 5.69 Å². The van der Waals surface area contributed by atoms with E-state index in [-0.39, 0.29) is 17.6 Å². The monoisotopic (exact) mass is 314 g/mol. The summed E-state index contributed by atoms with van der Waals surface area (Å²) in [6, 6.07) is 13.1. The van der Waals surface area contributed by atoms with Crippen molar-refractivity contribution in [3.05, 3.63) is 54.3 Å². The second kappa shape index (κ2) is 6.79. The van der Waals surface area contributed by atoms with E-state index in [0.29, 0.717) is 23.1 Å². The van der Waals surface area contributed by atoms with Crippen LogP contribution < -0.4 is 15.4 Å². The van der Waals surface area contributed by atoms with Gasteiger partial charge in [-0.25, -0.2) is 4.39 Å². The molecule has 0 aliphatic carbocycles. The van der Waals surface area contributed by atoms with E-state index in [1.165, 1.54) is 12.1 Å². The lowest BCUT2D eigenvalue weighted by atomic mass is 9.88. The number of halogens is 1. The number of benzene rings is 2. The van der Waals surface area contributed by atoms with Gasteiger partial charge in [0.1, 0.15) is 11.6 Å². The Kier molecular flexibility index (Phi) is 4.57. The van der Waals surface area contributed by atoms with E-state index < -0.39 is 0 Å². The van der Waals surface area contributed by atoms with Crippen LogP contribution in [0.1, 0.15) is 6.92 Å². The number of hydrogen-bond donors (Lipinski definition) is 2. The van der Waals surface area contributed by atoms with Crippen molar-refractivity contribution >= 4 is 11.6 Å². The third-order valence-electron chi connectivity index (χ3n) is 4.10. The van der Waals surface area contributed by atoms with Gasteiger partial charge in [-0.3, -0.25) is 4.79 Å². The minimum absolute atomic E-state index is 0.0354. The van der Waals surface area contributed by atoms with Crippen molar-refractivity contribution in [1.29, 1.82) is 0 Å². The number of rotatable bonds is 5. The lowest BCUT2D eigenvalue weighted by Crippen LogP contribution is -2.48. The fourth-order valence-electron chi connectivity index (χ4n) is 2.44. The molecule has 0 bridgehead atoms. The third kappa shape index (κ3) is 3.68. The summed E-state index contributed by atoms with van der Waals surface area (Å²) >= 11 is 0. The summed E-state index contributed by atoms with van der Waals surface area (Å²) in [6.07, 6.45) is 0. The quantitative estimate of drug-likeness (QED) is 0.889. The zero-order valence-corrected chi connectivity index (χ0v) is 12.9. The van der Waals surface area contributed by atoms with Crippen LogP contribution in [-0.4, -0.2) is 19.0 Å². The second-order valence-electron chi connectivity index (χ2n) is 5.75. The number of para-hydroxylation sites is 2. The van der Waals surface area contributed by atoms with Crippen LogP contribution in [0.15, 0.2) is 48.5 Å². The third-order valence-corrected chi connectivity index (χ3v) is 4.10. The van der Waals surface area contributed by atoms with E-state index >= 15 is 0 Å². The summed E-state index contributed by atoms with van der Waals surface area (Å²) in [4.78, 5) is 12.4. The molecule has 4 nitrogen and oxygen atoms in total. The van der Waals surface area contributed by atoms with Gasteiger partial charge in [-0.1, -0.05) is 25.1 Å². The van der Waals surface area contributed by atoms with Gasteiger partial charge >= 0.3 is 0 Å². The lowest BCUT2D eigenvalue weighted by molar-refractivity contribution is -0.121. The summed E-state index contributed by atoms with van der Waals surface area (Å²) < 4.78 is 19.0. The van der Waals surface area contributed by atoms with Crippen molar-refractivity contribution in [3.8, 4) is 11.5 Å². The summed E-state index contributed by atoms with van der Waals surface area (Å²) in [5.41, 5.74) is 0.584.